The molecule has 1 fully saturated rings. The van der Waals surface area contributed by atoms with Gasteiger partial charge >= 0.3 is 0 Å². The number of benzene rings is 2. The molecule has 0 radical (unpaired) electrons. The molecule has 2 aromatic rings. The minimum absolute atomic E-state index is 0.0447. The summed E-state index contributed by atoms with van der Waals surface area (Å²) >= 11 is 0. The van der Waals surface area contributed by atoms with Crippen molar-refractivity contribution >= 4 is 11.6 Å². The number of nitrogens with zero attached hydrogens (tertiary/aromatic N) is 1. The molecule has 2 N–H and O–H groups in total. The Kier molecular flexibility index (Phi) is 5.57. The van der Waals surface area contributed by atoms with Crippen LogP contribution in [0, 0.1) is 12.7 Å². The molecule has 1 saturated heterocycles. The van der Waals surface area contributed by atoms with Crippen molar-refractivity contribution in [3.63, 3.8) is 0 Å². The summed E-state index contributed by atoms with van der Waals surface area (Å²) in [6.07, 6.45) is 1.35. The van der Waals surface area contributed by atoms with Crippen LogP contribution in [0.1, 0.15) is 24.0 Å². The first-order chi connectivity index (χ1) is 12.5. The Balaban J connectivity index is 1.69. The van der Waals surface area contributed by atoms with E-state index >= 15 is 0 Å². The molecule has 5 heteroatoms. The number of amides is 1. The average molecular weight is 355 g/mol. The SMILES string of the molecule is CNC(=O)C1(Nc2cccc(F)c2)CCN(Cc2ccc(C)cc2)CC1. The van der Waals surface area contributed by atoms with Gasteiger partial charge in [0.15, 0.2) is 0 Å². The molecule has 4 nitrogen and oxygen atoms in total. The van der Waals surface area contributed by atoms with E-state index in [4.69, 9.17) is 0 Å². The first-order valence-corrected chi connectivity index (χ1v) is 9.05. The standard InChI is InChI=1S/C21H26FN3O/c1-16-6-8-17(9-7-16)15-25-12-10-21(11-13-25,20(26)23-2)24-19-5-3-4-18(22)14-19/h3-9,14,24H,10-13,15H2,1-2H3,(H,23,26). The van der Waals surface area contributed by atoms with Gasteiger partial charge in [0.1, 0.15) is 11.4 Å². The molecule has 0 aromatic heterocycles. The maximum Gasteiger partial charge on any atom is 0.245 e. The first kappa shape index (κ1) is 18.4. The summed E-state index contributed by atoms with van der Waals surface area (Å²) in [6.45, 7) is 4.58. The third-order valence-corrected chi connectivity index (χ3v) is 5.11. The molecule has 0 atom stereocenters. The van der Waals surface area contributed by atoms with E-state index in [0.29, 0.717) is 18.5 Å². The number of piperidine rings is 1. The fourth-order valence-electron chi connectivity index (χ4n) is 3.54. The molecule has 2 aromatic carbocycles. The lowest BCUT2D eigenvalue weighted by Crippen LogP contribution is -2.57. The van der Waals surface area contributed by atoms with Crippen molar-refractivity contribution in [3.05, 3.63) is 65.5 Å². The van der Waals surface area contributed by atoms with Gasteiger partial charge in [-0.25, -0.2) is 4.39 Å². The highest BCUT2D eigenvalue weighted by molar-refractivity contribution is 5.89. The van der Waals surface area contributed by atoms with Crippen LogP contribution in [0.5, 0.6) is 0 Å². The second-order valence-corrected chi connectivity index (χ2v) is 7.06. The molecule has 1 aliphatic heterocycles. The lowest BCUT2D eigenvalue weighted by atomic mass is 9.85. The number of hydrogen-bond donors (Lipinski definition) is 2. The van der Waals surface area contributed by atoms with E-state index in [9.17, 15) is 9.18 Å². The van der Waals surface area contributed by atoms with Crippen LogP contribution in [0.3, 0.4) is 0 Å². The van der Waals surface area contributed by atoms with Crippen molar-refractivity contribution in [1.29, 1.82) is 0 Å². The lowest BCUT2D eigenvalue weighted by Gasteiger charge is -2.41. The number of carbonyl (C=O) groups is 1. The Morgan fingerprint density at radius 3 is 2.46 bits per heavy atom. The van der Waals surface area contributed by atoms with Crippen LogP contribution in [-0.4, -0.2) is 36.5 Å². The highest BCUT2D eigenvalue weighted by atomic mass is 19.1. The quantitative estimate of drug-likeness (QED) is 0.865. The summed E-state index contributed by atoms with van der Waals surface area (Å²) in [4.78, 5) is 15.0. The lowest BCUT2D eigenvalue weighted by molar-refractivity contribution is -0.126. The van der Waals surface area contributed by atoms with Crippen LogP contribution in [0.25, 0.3) is 0 Å². The van der Waals surface area contributed by atoms with Crippen LogP contribution < -0.4 is 10.6 Å². The molecule has 138 valence electrons. The number of likely N-dealkylation sites (N-methyl/N-ethyl adjacent to an activating group) is 1. The largest absolute Gasteiger partial charge is 0.371 e. The maximum absolute atomic E-state index is 13.5. The Hall–Kier alpha value is -2.40. The van der Waals surface area contributed by atoms with Crippen molar-refractivity contribution in [2.24, 2.45) is 0 Å². The number of halogens is 1. The molecule has 3 rings (SSSR count). The van der Waals surface area contributed by atoms with Gasteiger partial charge in [0.2, 0.25) is 5.91 Å². The van der Waals surface area contributed by atoms with Crippen molar-refractivity contribution in [3.8, 4) is 0 Å². The van der Waals surface area contributed by atoms with Crippen molar-refractivity contribution in [2.75, 3.05) is 25.5 Å². The second-order valence-electron chi connectivity index (χ2n) is 7.06. The van der Waals surface area contributed by atoms with Crippen LogP contribution in [0.4, 0.5) is 10.1 Å². The minimum Gasteiger partial charge on any atom is -0.371 e. The third-order valence-electron chi connectivity index (χ3n) is 5.11. The number of hydrogen-bond acceptors (Lipinski definition) is 3. The van der Waals surface area contributed by atoms with Crippen LogP contribution in [-0.2, 0) is 11.3 Å². The van der Waals surface area contributed by atoms with Crippen LogP contribution in [0.2, 0.25) is 0 Å². The molecule has 0 unspecified atom stereocenters. The molecule has 0 bridgehead atoms. The van der Waals surface area contributed by atoms with Crippen molar-refractivity contribution in [2.45, 2.75) is 31.8 Å². The molecule has 0 spiro atoms. The van der Waals surface area contributed by atoms with Gasteiger partial charge < -0.3 is 10.6 Å². The summed E-state index contributed by atoms with van der Waals surface area (Å²) in [5, 5.41) is 6.07. The first-order valence-electron chi connectivity index (χ1n) is 9.05. The fraction of sp³-hybridized carbons (Fsp3) is 0.381. The summed E-state index contributed by atoms with van der Waals surface area (Å²) in [6, 6.07) is 14.8. The smallest absolute Gasteiger partial charge is 0.245 e. The number of carbonyl (C=O) groups excluding carboxylic acids is 1. The molecule has 0 aliphatic carbocycles. The molecular weight excluding hydrogens is 329 g/mol. The second kappa shape index (κ2) is 7.87. The van der Waals surface area contributed by atoms with Crippen molar-refractivity contribution in [1.82, 2.24) is 10.2 Å². The summed E-state index contributed by atoms with van der Waals surface area (Å²) in [5.41, 5.74) is 2.47. The molecule has 1 amide bonds. The van der Waals surface area contributed by atoms with E-state index in [1.165, 1.54) is 23.3 Å². The predicted molar refractivity (Wildman–Crippen MR) is 103 cm³/mol. The topological polar surface area (TPSA) is 44.4 Å². The zero-order valence-electron chi connectivity index (χ0n) is 15.4. The van der Waals surface area contributed by atoms with E-state index in [0.717, 1.165) is 19.6 Å². The number of aryl methyl sites for hydroxylation is 1. The monoisotopic (exact) mass is 355 g/mol. The molecular formula is C21H26FN3O. The van der Waals surface area contributed by atoms with Gasteiger partial charge in [0, 0.05) is 32.4 Å². The summed E-state index contributed by atoms with van der Waals surface area (Å²) in [7, 11) is 1.65. The average Bonchev–Trinajstić information content (AvgIpc) is 2.64. The number of nitrogens with one attached hydrogen (secondary N) is 2. The summed E-state index contributed by atoms with van der Waals surface area (Å²) < 4.78 is 13.5. The van der Waals surface area contributed by atoms with Crippen LogP contribution >= 0.6 is 0 Å². The highest BCUT2D eigenvalue weighted by Gasteiger charge is 2.40. The van der Waals surface area contributed by atoms with E-state index in [-0.39, 0.29) is 11.7 Å². The van der Waals surface area contributed by atoms with E-state index in [2.05, 4.69) is 46.7 Å². The Bertz CT molecular complexity index is 752. The zero-order valence-corrected chi connectivity index (χ0v) is 15.4. The van der Waals surface area contributed by atoms with Gasteiger partial charge in [0.05, 0.1) is 0 Å². The molecule has 1 aliphatic rings. The fourth-order valence-corrected chi connectivity index (χ4v) is 3.54. The number of rotatable bonds is 5. The minimum atomic E-state index is -0.702. The summed E-state index contributed by atoms with van der Waals surface area (Å²) in [5.74, 6) is -0.351. The highest BCUT2D eigenvalue weighted by Crippen LogP contribution is 2.28. The van der Waals surface area contributed by atoms with Crippen LogP contribution in [0.15, 0.2) is 48.5 Å². The normalized spacial score (nSPS) is 16.9. The number of likely N-dealkylation sites (tertiary alicyclic amines) is 1. The molecule has 1 heterocycles. The maximum atomic E-state index is 13.5. The Labute approximate surface area is 154 Å². The van der Waals surface area contributed by atoms with Crippen molar-refractivity contribution < 1.29 is 9.18 Å². The van der Waals surface area contributed by atoms with E-state index in [1.807, 2.05) is 0 Å². The van der Waals surface area contributed by atoms with Gasteiger partial charge in [0.25, 0.3) is 0 Å². The van der Waals surface area contributed by atoms with Gasteiger partial charge in [-0.3, -0.25) is 9.69 Å². The molecule has 0 saturated carbocycles. The zero-order chi connectivity index (χ0) is 18.6. The van der Waals surface area contributed by atoms with Gasteiger partial charge in [-0.05, 0) is 43.5 Å². The van der Waals surface area contributed by atoms with E-state index in [1.54, 1.807) is 19.2 Å². The van der Waals surface area contributed by atoms with E-state index < -0.39 is 5.54 Å². The Morgan fingerprint density at radius 2 is 1.85 bits per heavy atom. The number of anilines is 1. The predicted octanol–water partition coefficient (Wildman–Crippen LogP) is 3.33. The van der Waals surface area contributed by atoms with Gasteiger partial charge in [-0.2, -0.15) is 0 Å². The Morgan fingerprint density at radius 1 is 1.15 bits per heavy atom. The molecule has 26 heavy (non-hydrogen) atoms. The third kappa shape index (κ3) is 4.22. The van der Waals surface area contributed by atoms with Gasteiger partial charge in [-0.15, -0.1) is 0 Å². The van der Waals surface area contributed by atoms with Gasteiger partial charge in [-0.1, -0.05) is 35.9 Å².